The van der Waals surface area contributed by atoms with Crippen molar-refractivity contribution in [2.24, 2.45) is 7.05 Å². The predicted octanol–water partition coefficient (Wildman–Crippen LogP) is 5.30. The topological polar surface area (TPSA) is 34.0 Å². The van der Waals surface area contributed by atoms with Crippen LogP contribution in [0.1, 0.15) is 27.0 Å². The van der Waals surface area contributed by atoms with Gasteiger partial charge in [0.25, 0.3) is 5.91 Å². The zero-order valence-corrected chi connectivity index (χ0v) is 15.8. The van der Waals surface area contributed by atoms with Gasteiger partial charge in [0.15, 0.2) is 0 Å². The molecule has 1 heterocycles. The van der Waals surface area contributed by atoms with Gasteiger partial charge < -0.3 is 9.88 Å². The molecule has 0 radical (unpaired) electrons. The van der Waals surface area contributed by atoms with Crippen molar-refractivity contribution in [2.75, 3.05) is 0 Å². The highest BCUT2D eigenvalue weighted by Gasteiger charge is 2.31. The van der Waals surface area contributed by atoms with E-state index in [9.17, 15) is 22.4 Å². The van der Waals surface area contributed by atoms with Crippen molar-refractivity contribution in [1.29, 1.82) is 0 Å². The summed E-state index contributed by atoms with van der Waals surface area (Å²) in [5.41, 5.74) is 0.786. The van der Waals surface area contributed by atoms with Crippen molar-refractivity contribution in [3.8, 4) is 0 Å². The highest BCUT2D eigenvalue weighted by atomic mass is 32.1. The van der Waals surface area contributed by atoms with E-state index < -0.39 is 23.5 Å². The second-order valence-corrected chi connectivity index (χ2v) is 6.79. The summed E-state index contributed by atoms with van der Waals surface area (Å²) >= 11 is 5.33. The van der Waals surface area contributed by atoms with Gasteiger partial charge in [-0.25, -0.2) is 4.39 Å². The monoisotopic (exact) mass is 408 g/mol. The fourth-order valence-electron chi connectivity index (χ4n) is 3.06. The van der Waals surface area contributed by atoms with Gasteiger partial charge in [-0.05, 0) is 42.3 Å². The van der Waals surface area contributed by atoms with Crippen LogP contribution < -0.4 is 5.32 Å². The molecule has 0 saturated heterocycles. The SMILES string of the molecule is Cc1c(C(=O)NCc2cccc(F)c2)c(=S)n(C)c2cc(C(F)(F)F)ccc12. The molecule has 2 aromatic carbocycles. The van der Waals surface area contributed by atoms with Gasteiger partial charge in [0.05, 0.1) is 11.1 Å². The van der Waals surface area contributed by atoms with Gasteiger partial charge in [-0.15, -0.1) is 0 Å². The second-order valence-electron chi connectivity index (χ2n) is 6.41. The fraction of sp³-hybridized carbons (Fsp3) is 0.200. The number of rotatable bonds is 3. The van der Waals surface area contributed by atoms with Crippen molar-refractivity contribution >= 4 is 29.0 Å². The summed E-state index contributed by atoms with van der Waals surface area (Å²) in [6.45, 7) is 1.74. The van der Waals surface area contributed by atoms with Gasteiger partial charge in [0.2, 0.25) is 0 Å². The van der Waals surface area contributed by atoms with Crippen LogP contribution in [-0.2, 0) is 19.8 Å². The molecule has 3 rings (SSSR count). The molecule has 28 heavy (non-hydrogen) atoms. The third kappa shape index (κ3) is 3.77. The smallest absolute Gasteiger partial charge is 0.348 e. The summed E-state index contributed by atoms with van der Waals surface area (Å²) in [5.74, 6) is -0.881. The second kappa shape index (κ2) is 7.35. The highest BCUT2D eigenvalue weighted by molar-refractivity contribution is 7.71. The largest absolute Gasteiger partial charge is 0.416 e. The zero-order valence-electron chi connectivity index (χ0n) is 15.0. The molecule has 3 nitrogen and oxygen atoms in total. The van der Waals surface area contributed by atoms with Crippen LogP contribution in [0.3, 0.4) is 0 Å². The van der Waals surface area contributed by atoms with Crippen molar-refractivity contribution < 1.29 is 22.4 Å². The summed E-state index contributed by atoms with van der Waals surface area (Å²) in [6.07, 6.45) is -4.47. The van der Waals surface area contributed by atoms with Crippen LogP contribution in [0, 0.1) is 17.4 Å². The van der Waals surface area contributed by atoms with E-state index in [0.717, 1.165) is 12.1 Å². The molecule has 0 atom stereocenters. The zero-order chi connectivity index (χ0) is 20.6. The van der Waals surface area contributed by atoms with Crippen LogP contribution >= 0.6 is 12.2 Å². The maximum absolute atomic E-state index is 13.3. The Labute approximate surface area is 163 Å². The number of pyridine rings is 1. The number of hydrogen-bond donors (Lipinski definition) is 1. The number of halogens is 4. The predicted molar refractivity (Wildman–Crippen MR) is 101 cm³/mol. The molecule has 0 saturated carbocycles. The van der Waals surface area contributed by atoms with E-state index >= 15 is 0 Å². The standard InChI is InChI=1S/C20H16F4N2OS/c1-11-15-7-6-13(20(22,23)24)9-16(15)26(2)19(28)17(11)18(27)25-10-12-4-3-5-14(21)8-12/h3-9H,10H2,1-2H3,(H,25,27). The number of aromatic nitrogens is 1. The van der Waals surface area contributed by atoms with E-state index in [1.54, 1.807) is 13.0 Å². The molecule has 1 aromatic heterocycles. The van der Waals surface area contributed by atoms with Crippen molar-refractivity contribution in [2.45, 2.75) is 19.6 Å². The van der Waals surface area contributed by atoms with E-state index in [1.165, 1.54) is 35.9 Å². The number of fused-ring (bicyclic) bond motifs is 1. The van der Waals surface area contributed by atoms with E-state index in [2.05, 4.69) is 5.32 Å². The van der Waals surface area contributed by atoms with Crippen LogP contribution in [0.4, 0.5) is 17.6 Å². The molecule has 0 aliphatic carbocycles. The normalized spacial score (nSPS) is 11.6. The summed E-state index contributed by atoms with van der Waals surface area (Å²) in [7, 11) is 1.52. The Morgan fingerprint density at radius 3 is 2.54 bits per heavy atom. The Hall–Kier alpha value is -2.74. The molecule has 0 unspecified atom stereocenters. The molecular formula is C20H16F4N2OS. The van der Waals surface area contributed by atoms with E-state index in [-0.39, 0.29) is 16.7 Å². The summed E-state index contributed by atoms with van der Waals surface area (Å²) in [5, 5.41) is 3.19. The molecule has 146 valence electrons. The molecule has 0 aliphatic rings. The number of aryl methyl sites for hydroxylation is 2. The Morgan fingerprint density at radius 1 is 1.18 bits per heavy atom. The molecule has 0 aliphatic heterocycles. The van der Waals surface area contributed by atoms with E-state index in [1.807, 2.05) is 0 Å². The van der Waals surface area contributed by atoms with Crippen LogP contribution in [-0.4, -0.2) is 10.5 Å². The lowest BCUT2D eigenvalue weighted by molar-refractivity contribution is -0.137. The molecule has 3 aromatic rings. The lowest BCUT2D eigenvalue weighted by Crippen LogP contribution is -2.25. The van der Waals surface area contributed by atoms with Gasteiger partial charge in [-0.1, -0.05) is 30.4 Å². The van der Waals surface area contributed by atoms with Gasteiger partial charge in [0.1, 0.15) is 10.5 Å². The number of carbonyl (C=O) groups is 1. The van der Waals surface area contributed by atoms with Crippen LogP contribution in [0.25, 0.3) is 10.9 Å². The van der Waals surface area contributed by atoms with Crippen molar-refractivity contribution in [3.05, 3.63) is 75.2 Å². The maximum atomic E-state index is 13.3. The average Bonchev–Trinajstić information content (AvgIpc) is 2.63. The van der Waals surface area contributed by atoms with Crippen molar-refractivity contribution in [3.63, 3.8) is 0 Å². The first-order valence-electron chi connectivity index (χ1n) is 8.33. The van der Waals surface area contributed by atoms with E-state index in [0.29, 0.717) is 22.0 Å². The van der Waals surface area contributed by atoms with Gasteiger partial charge >= 0.3 is 6.18 Å². The quantitative estimate of drug-likeness (QED) is 0.471. The van der Waals surface area contributed by atoms with Gasteiger partial charge in [-0.2, -0.15) is 13.2 Å². The Balaban J connectivity index is 2.01. The van der Waals surface area contributed by atoms with Crippen LogP contribution in [0.2, 0.25) is 0 Å². The molecule has 0 spiro atoms. The summed E-state index contributed by atoms with van der Waals surface area (Å²) in [6, 6.07) is 9.15. The Morgan fingerprint density at radius 2 is 1.89 bits per heavy atom. The third-order valence-corrected chi connectivity index (χ3v) is 5.03. The van der Waals surface area contributed by atoms with Crippen LogP contribution in [0.5, 0.6) is 0 Å². The van der Waals surface area contributed by atoms with E-state index in [4.69, 9.17) is 12.2 Å². The van der Waals surface area contributed by atoms with Gasteiger partial charge in [-0.3, -0.25) is 4.79 Å². The third-order valence-electron chi connectivity index (χ3n) is 4.55. The summed E-state index contributed by atoms with van der Waals surface area (Å²) in [4.78, 5) is 12.7. The minimum atomic E-state index is -4.47. The minimum absolute atomic E-state index is 0.0968. The number of alkyl halides is 3. The number of nitrogens with one attached hydrogen (secondary N) is 1. The highest BCUT2D eigenvalue weighted by Crippen LogP contribution is 2.33. The first kappa shape index (κ1) is 20.0. The first-order valence-corrected chi connectivity index (χ1v) is 8.73. The minimum Gasteiger partial charge on any atom is -0.348 e. The lowest BCUT2D eigenvalue weighted by atomic mass is 10.0. The molecular weight excluding hydrogens is 392 g/mol. The fourth-order valence-corrected chi connectivity index (χ4v) is 3.40. The maximum Gasteiger partial charge on any atom is 0.416 e. The lowest BCUT2D eigenvalue weighted by Gasteiger charge is -2.16. The molecule has 0 fully saturated rings. The number of benzene rings is 2. The summed E-state index contributed by atoms with van der Waals surface area (Å²) < 4.78 is 53.9. The number of amides is 1. The molecule has 0 bridgehead atoms. The number of nitrogens with zero attached hydrogens (tertiary/aromatic N) is 1. The van der Waals surface area contributed by atoms with Gasteiger partial charge in [0, 0.05) is 24.5 Å². The number of hydrogen-bond acceptors (Lipinski definition) is 2. The Kier molecular flexibility index (Phi) is 5.25. The van der Waals surface area contributed by atoms with Crippen molar-refractivity contribution in [1.82, 2.24) is 9.88 Å². The molecule has 1 N–H and O–H groups in total. The first-order chi connectivity index (χ1) is 13.1. The van der Waals surface area contributed by atoms with Crippen LogP contribution in [0.15, 0.2) is 42.5 Å². The average molecular weight is 408 g/mol. The molecule has 1 amide bonds. The molecule has 8 heteroatoms. The Bertz CT molecular complexity index is 1140. The number of carbonyl (C=O) groups excluding carboxylic acids is 1.